The Labute approximate surface area is 183 Å². The summed E-state index contributed by atoms with van der Waals surface area (Å²) in [6.45, 7) is 3.16. The number of esters is 1. The fourth-order valence-electron chi connectivity index (χ4n) is 3.13. The fraction of sp³-hybridized carbons (Fsp3) is 0.208. The van der Waals surface area contributed by atoms with Crippen LogP contribution < -0.4 is 4.57 Å². The van der Waals surface area contributed by atoms with E-state index in [0.717, 1.165) is 41.2 Å². The third kappa shape index (κ3) is 5.89. The number of nitrogens with zero attached hydrogens (tertiary/aromatic N) is 4. The molecule has 0 spiro atoms. The fourth-order valence-corrected chi connectivity index (χ4v) is 3.86. The number of carbonyl (C=O) groups is 1. The first-order chi connectivity index (χ1) is 15.2. The molecule has 0 saturated carbocycles. The number of aryl methyl sites for hydroxylation is 1. The second kappa shape index (κ2) is 10.2. The number of fused-ring (bicyclic) bond motifs is 1. The molecule has 1 aliphatic rings. The molecule has 1 aromatic carbocycles. The number of pyridine rings is 1. The van der Waals surface area contributed by atoms with E-state index in [-0.39, 0.29) is 5.97 Å². The number of benzene rings is 1. The number of hydrogen-bond donors (Lipinski definition) is 0. The highest BCUT2D eigenvalue weighted by Gasteiger charge is 2.11. The van der Waals surface area contributed by atoms with Gasteiger partial charge < -0.3 is 4.74 Å². The molecule has 1 aliphatic heterocycles. The van der Waals surface area contributed by atoms with Crippen molar-refractivity contribution in [3.05, 3.63) is 83.8 Å². The van der Waals surface area contributed by atoms with Gasteiger partial charge in [-0.15, -0.1) is 0 Å². The van der Waals surface area contributed by atoms with Gasteiger partial charge in [-0.25, -0.2) is 9.55 Å². The Morgan fingerprint density at radius 2 is 1.90 bits per heavy atom. The summed E-state index contributed by atoms with van der Waals surface area (Å²) in [4.78, 5) is 21.2. The van der Waals surface area contributed by atoms with Gasteiger partial charge in [0.05, 0.1) is 30.2 Å². The molecule has 0 bridgehead atoms. The number of aromatic nitrogens is 3. The van der Waals surface area contributed by atoms with Crippen LogP contribution in [-0.4, -0.2) is 28.8 Å². The summed E-state index contributed by atoms with van der Waals surface area (Å²) in [5.41, 5.74) is 4.46. The van der Waals surface area contributed by atoms with Crippen LogP contribution in [0.25, 0.3) is 17.3 Å². The Kier molecular flexibility index (Phi) is 6.90. The van der Waals surface area contributed by atoms with Gasteiger partial charge in [-0.2, -0.15) is 0 Å². The molecule has 2 aromatic heterocycles. The van der Waals surface area contributed by atoms with Gasteiger partial charge in [-0.05, 0) is 24.1 Å². The third-order valence-electron chi connectivity index (χ3n) is 4.87. The highest BCUT2D eigenvalue weighted by Crippen LogP contribution is 2.36. The Hall–Kier alpha value is -3.24. The minimum atomic E-state index is -0.486. The van der Waals surface area contributed by atoms with Crippen LogP contribution in [0.5, 0.6) is 0 Å². The minimum absolute atomic E-state index is 0.173. The molecule has 31 heavy (non-hydrogen) atoms. The van der Waals surface area contributed by atoms with Crippen molar-refractivity contribution in [3.63, 3.8) is 0 Å². The topological polar surface area (TPSA) is 68.3 Å². The van der Waals surface area contributed by atoms with Crippen LogP contribution >= 0.6 is 8.07 Å². The van der Waals surface area contributed by atoms with Gasteiger partial charge in [0, 0.05) is 32.2 Å². The molecular formula is C24H24N4O2P+. The molecule has 7 heteroatoms. The molecule has 1 unspecified atom stereocenters. The van der Waals surface area contributed by atoms with E-state index in [1.165, 1.54) is 0 Å². The highest BCUT2D eigenvalue weighted by molar-refractivity contribution is 7.59. The lowest BCUT2D eigenvalue weighted by Gasteiger charge is -2.05. The molecule has 1 atom stereocenters. The maximum Gasteiger partial charge on any atom is 0.306 e. The van der Waals surface area contributed by atoms with Crippen molar-refractivity contribution >= 4 is 26.3 Å². The quantitative estimate of drug-likeness (QED) is 0.316. The van der Waals surface area contributed by atoms with Crippen molar-refractivity contribution in [1.82, 2.24) is 9.97 Å². The van der Waals surface area contributed by atoms with Gasteiger partial charge in [0.2, 0.25) is 0 Å². The molecule has 3 heterocycles. The largest absolute Gasteiger partial charge is 0.461 e. The molecule has 3 aromatic rings. The lowest BCUT2D eigenvalue weighted by atomic mass is 10.2. The number of ether oxygens (including phenoxy) is 1. The van der Waals surface area contributed by atoms with E-state index in [1.807, 2.05) is 67.1 Å². The summed E-state index contributed by atoms with van der Waals surface area (Å²) < 4.78 is 11.9. The van der Waals surface area contributed by atoms with Crippen LogP contribution in [0.2, 0.25) is 0 Å². The van der Waals surface area contributed by atoms with E-state index < -0.39 is 8.07 Å². The summed E-state index contributed by atoms with van der Waals surface area (Å²) in [7, 11) is -0.486. The maximum atomic E-state index is 11.9. The Balaban J connectivity index is 1.29. The van der Waals surface area contributed by atoms with Crippen LogP contribution in [0.15, 0.2) is 71.6 Å². The highest BCUT2D eigenvalue weighted by atomic mass is 31.1. The van der Waals surface area contributed by atoms with Crippen molar-refractivity contribution in [1.29, 1.82) is 0 Å². The molecule has 0 amide bonds. The lowest BCUT2D eigenvalue weighted by Crippen LogP contribution is -2.32. The zero-order valence-electron chi connectivity index (χ0n) is 17.4. The molecule has 0 aliphatic carbocycles. The molecule has 0 saturated heterocycles. The molecule has 156 valence electrons. The summed E-state index contributed by atoms with van der Waals surface area (Å²) in [5.74, 6) is 1.90. The predicted octanol–water partition coefficient (Wildman–Crippen LogP) is 4.38. The summed E-state index contributed by atoms with van der Waals surface area (Å²) in [6, 6.07) is 13.7. The Morgan fingerprint density at radius 3 is 2.71 bits per heavy atom. The van der Waals surface area contributed by atoms with Gasteiger partial charge in [0.1, 0.15) is 18.8 Å². The third-order valence-corrected chi connectivity index (χ3v) is 5.93. The van der Waals surface area contributed by atoms with Crippen LogP contribution in [0.1, 0.15) is 29.8 Å². The van der Waals surface area contributed by atoms with Gasteiger partial charge in [0.15, 0.2) is 12.4 Å². The van der Waals surface area contributed by atoms with Gasteiger partial charge >= 0.3 is 5.97 Å². The van der Waals surface area contributed by atoms with E-state index in [1.54, 1.807) is 6.20 Å². The SMILES string of the molecule is CP1C=Cc2ncc(-c3cc[n+](CCCC(=O)OCc4ccccc4)cc3)nc2C=N1. The second-order valence-corrected chi connectivity index (χ2v) is 8.91. The van der Waals surface area contributed by atoms with E-state index in [2.05, 4.69) is 26.8 Å². The first kappa shape index (κ1) is 21.0. The second-order valence-electron chi connectivity index (χ2n) is 7.23. The normalized spacial score (nSPS) is 14.7. The van der Waals surface area contributed by atoms with Gasteiger partial charge in [-0.1, -0.05) is 30.3 Å². The standard InChI is InChI=1S/C24H24N4O2P/c1-31-15-11-21-23(17-26-31)27-22(16-25-21)20-9-13-28(14-10-20)12-5-8-24(29)30-18-19-6-3-2-4-7-19/h2-4,6-7,9-11,13-17H,5,8,12,18H2,1H3/q+1. The van der Waals surface area contributed by atoms with Crippen molar-refractivity contribution < 1.29 is 14.1 Å². The van der Waals surface area contributed by atoms with Crippen LogP contribution in [0, 0.1) is 0 Å². The average Bonchev–Trinajstić information content (AvgIpc) is 3.00. The van der Waals surface area contributed by atoms with Gasteiger partial charge in [0.25, 0.3) is 0 Å². The number of rotatable bonds is 7. The lowest BCUT2D eigenvalue weighted by molar-refractivity contribution is -0.697. The van der Waals surface area contributed by atoms with Crippen molar-refractivity contribution in [2.24, 2.45) is 4.76 Å². The molecular weight excluding hydrogens is 407 g/mol. The van der Waals surface area contributed by atoms with E-state index >= 15 is 0 Å². The zero-order chi connectivity index (χ0) is 21.5. The molecule has 6 nitrogen and oxygen atoms in total. The van der Waals surface area contributed by atoms with Crippen molar-refractivity contribution in [2.45, 2.75) is 26.0 Å². The average molecular weight is 431 g/mol. The first-order valence-electron chi connectivity index (χ1n) is 10.2. The Morgan fingerprint density at radius 1 is 1.10 bits per heavy atom. The van der Waals surface area contributed by atoms with E-state index in [4.69, 9.17) is 9.72 Å². The molecule has 4 rings (SSSR count). The van der Waals surface area contributed by atoms with Crippen LogP contribution in [-0.2, 0) is 22.7 Å². The smallest absolute Gasteiger partial charge is 0.306 e. The van der Waals surface area contributed by atoms with Crippen LogP contribution in [0.4, 0.5) is 0 Å². The van der Waals surface area contributed by atoms with E-state index in [0.29, 0.717) is 13.0 Å². The maximum absolute atomic E-state index is 11.9. The summed E-state index contributed by atoms with van der Waals surface area (Å²) in [6.07, 6.45) is 10.7. The number of hydrogen-bond acceptors (Lipinski definition) is 5. The zero-order valence-corrected chi connectivity index (χ0v) is 18.3. The monoisotopic (exact) mass is 431 g/mol. The molecule has 0 N–H and O–H groups in total. The summed E-state index contributed by atoms with van der Waals surface area (Å²) >= 11 is 0. The number of carbonyl (C=O) groups excluding carboxylic acids is 1. The summed E-state index contributed by atoms with van der Waals surface area (Å²) in [5, 5.41) is 0. The van der Waals surface area contributed by atoms with Crippen LogP contribution in [0.3, 0.4) is 0 Å². The Bertz CT molecular complexity index is 1100. The van der Waals surface area contributed by atoms with E-state index in [9.17, 15) is 4.79 Å². The first-order valence-corrected chi connectivity index (χ1v) is 12.0. The van der Waals surface area contributed by atoms with Crippen molar-refractivity contribution in [2.75, 3.05) is 6.66 Å². The molecule has 0 radical (unpaired) electrons. The predicted molar refractivity (Wildman–Crippen MR) is 123 cm³/mol. The minimum Gasteiger partial charge on any atom is -0.461 e. The van der Waals surface area contributed by atoms with Crippen molar-refractivity contribution in [3.8, 4) is 11.3 Å². The van der Waals surface area contributed by atoms with Gasteiger partial charge in [-0.3, -0.25) is 14.5 Å². The molecule has 0 fully saturated rings.